The van der Waals surface area contributed by atoms with Gasteiger partial charge in [0, 0.05) is 6.20 Å². The summed E-state index contributed by atoms with van der Waals surface area (Å²) in [5, 5.41) is 4.04. The highest BCUT2D eigenvalue weighted by atomic mass is 32.1. The van der Waals surface area contributed by atoms with Crippen LogP contribution in [0.4, 0.5) is 18.9 Å². The van der Waals surface area contributed by atoms with Gasteiger partial charge in [0.2, 0.25) is 0 Å². The molecular weight excluding hydrogens is 317 g/mol. The third-order valence-electron chi connectivity index (χ3n) is 3.40. The minimum Gasteiger partial charge on any atom is -0.327 e. The molecule has 2 heterocycles. The maximum absolute atomic E-state index is 12.7. The molecule has 116 valence electrons. The van der Waals surface area contributed by atoms with Gasteiger partial charge in [-0.1, -0.05) is 0 Å². The summed E-state index contributed by atoms with van der Waals surface area (Å²) in [5.41, 5.74) is -1.30. The molecule has 2 aromatic heterocycles. The summed E-state index contributed by atoms with van der Waals surface area (Å²) in [7, 11) is 0. The molecule has 4 nitrogen and oxygen atoms in total. The molecule has 0 saturated heterocycles. The molecule has 0 radical (unpaired) electrons. The number of anilines is 1. The average Bonchev–Trinajstić information content (AvgIpc) is 3.17. The normalized spacial score (nSPS) is 14.9. The number of halogens is 3. The van der Waals surface area contributed by atoms with Crippen LogP contribution in [0, 0.1) is 0 Å². The summed E-state index contributed by atoms with van der Waals surface area (Å²) < 4.78 is 38.0. The fourth-order valence-electron chi connectivity index (χ4n) is 2.14. The summed E-state index contributed by atoms with van der Waals surface area (Å²) in [6.07, 6.45) is -2.01. The molecule has 3 rings (SSSR count). The molecule has 0 aromatic carbocycles. The summed E-state index contributed by atoms with van der Waals surface area (Å²) in [5.74, 6) is -0.214. The first-order chi connectivity index (χ1) is 10.4. The fraction of sp³-hybridized carbons (Fsp3) is 0.286. The number of amides is 1. The molecule has 0 atom stereocenters. The van der Waals surface area contributed by atoms with Crippen molar-refractivity contribution in [1.29, 1.82) is 0 Å². The van der Waals surface area contributed by atoms with Crippen LogP contribution in [0.3, 0.4) is 0 Å². The molecule has 0 unspecified atom stereocenters. The van der Waals surface area contributed by atoms with Crippen molar-refractivity contribution in [2.24, 2.45) is 0 Å². The highest BCUT2D eigenvalue weighted by Gasteiger charge is 2.32. The van der Waals surface area contributed by atoms with E-state index in [2.05, 4.69) is 5.32 Å². The number of H-pyrrole nitrogens is 1. The van der Waals surface area contributed by atoms with Gasteiger partial charge in [0.05, 0.1) is 10.4 Å². The van der Waals surface area contributed by atoms with E-state index in [1.165, 1.54) is 11.3 Å². The van der Waals surface area contributed by atoms with Gasteiger partial charge in [0.15, 0.2) is 0 Å². The van der Waals surface area contributed by atoms with Crippen LogP contribution in [0.2, 0.25) is 0 Å². The predicted molar refractivity (Wildman–Crippen MR) is 76.3 cm³/mol. The second-order valence-electron chi connectivity index (χ2n) is 5.06. The molecule has 22 heavy (non-hydrogen) atoms. The lowest BCUT2D eigenvalue weighted by Crippen LogP contribution is -2.21. The van der Waals surface area contributed by atoms with Crippen LogP contribution in [-0.2, 0) is 6.18 Å². The van der Waals surface area contributed by atoms with E-state index in [4.69, 9.17) is 0 Å². The molecule has 0 bridgehead atoms. The predicted octanol–water partition coefficient (Wildman–Crippen LogP) is 3.58. The highest BCUT2D eigenvalue weighted by molar-refractivity contribution is 7.12. The molecule has 0 aliphatic heterocycles. The van der Waals surface area contributed by atoms with Crippen molar-refractivity contribution in [2.45, 2.75) is 24.9 Å². The first-order valence-corrected chi connectivity index (χ1v) is 7.43. The number of nitrogens with one attached hydrogen (secondary N) is 2. The van der Waals surface area contributed by atoms with Gasteiger partial charge in [-0.2, -0.15) is 13.2 Å². The Morgan fingerprint density at radius 1 is 1.36 bits per heavy atom. The Balaban J connectivity index is 1.87. The molecule has 1 saturated carbocycles. The number of rotatable bonds is 3. The molecule has 8 heteroatoms. The number of thiophene rings is 1. The summed E-state index contributed by atoms with van der Waals surface area (Å²) in [6.45, 7) is 0. The van der Waals surface area contributed by atoms with Crippen molar-refractivity contribution in [1.82, 2.24) is 4.98 Å². The lowest BCUT2D eigenvalue weighted by Gasteiger charge is -2.09. The first-order valence-electron chi connectivity index (χ1n) is 6.55. The monoisotopic (exact) mass is 328 g/mol. The van der Waals surface area contributed by atoms with E-state index in [1.807, 2.05) is 11.1 Å². The Morgan fingerprint density at radius 2 is 2.09 bits per heavy atom. The third kappa shape index (κ3) is 2.92. The standard InChI is InChI=1S/C14H11F3N2O2S/c15-14(16,17)8-5-10(12(20)18-6-8)19-13(21)11-9(3-4-22-11)7-1-2-7/h3-7H,1-2H2,(H,18,20)(H,19,21). The van der Waals surface area contributed by atoms with Crippen LogP contribution in [0.1, 0.15) is 39.6 Å². The van der Waals surface area contributed by atoms with Crippen molar-refractivity contribution >= 4 is 22.9 Å². The van der Waals surface area contributed by atoms with Crippen molar-refractivity contribution in [3.63, 3.8) is 0 Å². The van der Waals surface area contributed by atoms with E-state index in [0.717, 1.165) is 18.4 Å². The quantitative estimate of drug-likeness (QED) is 0.904. The second-order valence-corrected chi connectivity index (χ2v) is 5.98. The van der Waals surface area contributed by atoms with Gasteiger partial charge >= 0.3 is 6.18 Å². The molecule has 0 spiro atoms. The van der Waals surface area contributed by atoms with Gasteiger partial charge in [-0.05, 0) is 41.8 Å². The zero-order valence-corrected chi connectivity index (χ0v) is 12.0. The lowest BCUT2D eigenvalue weighted by atomic mass is 10.1. The molecule has 1 aliphatic rings. The largest absolute Gasteiger partial charge is 0.417 e. The van der Waals surface area contributed by atoms with Gasteiger partial charge in [-0.3, -0.25) is 9.59 Å². The van der Waals surface area contributed by atoms with E-state index in [-0.39, 0.29) is 0 Å². The Hall–Kier alpha value is -2.09. The summed E-state index contributed by atoms with van der Waals surface area (Å²) in [4.78, 5) is 26.2. The summed E-state index contributed by atoms with van der Waals surface area (Å²) >= 11 is 1.21. The number of carbonyl (C=O) groups is 1. The van der Waals surface area contributed by atoms with Crippen molar-refractivity contribution < 1.29 is 18.0 Å². The Kier molecular flexibility index (Phi) is 3.56. The van der Waals surface area contributed by atoms with Crippen molar-refractivity contribution in [3.8, 4) is 0 Å². The first kappa shape index (κ1) is 14.8. The summed E-state index contributed by atoms with van der Waals surface area (Å²) in [6, 6.07) is 2.48. The van der Waals surface area contributed by atoms with E-state index in [9.17, 15) is 22.8 Å². The molecule has 1 fully saturated rings. The number of hydrogen-bond donors (Lipinski definition) is 2. The van der Waals surface area contributed by atoms with E-state index < -0.39 is 28.9 Å². The van der Waals surface area contributed by atoms with Crippen LogP contribution in [0.25, 0.3) is 0 Å². The van der Waals surface area contributed by atoms with E-state index in [1.54, 1.807) is 5.38 Å². The molecular formula is C14H11F3N2O2S. The average molecular weight is 328 g/mol. The van der Waals surface area contributed by atoms with Crippen LogP contribution >= 0.6 is 11.3 Å². The van der Waals surface area contributed by atoms with Crippen LogP contribution in [0.15, 0.2) is 28.5 Å². The Bertz CT molecular complexity index is 775. The smallest absolute Gasteiger partial charge is 0.327 e. The maximum Gasteiger partial charge on any atom is 0.417 e. The highest BCUT2D eigenvalue weighted by Crippen LogP contribution is 2.43. The van der Waals surface area contributed by atoms with Gasteiger partial charge in [0.25, 0.3) is 11.5 Å². The zero-order chi connectivity index (χ0) is 15.9. The van der Waals surface area contributed by atoms with Crippen molar-refractivity contribution in [2.75, 3.05) is 5.32 Å². The van der Waals surface area contributed by atoms with Crippen LogP contribution in [0.5, 0.6) is 0 Å². The number of aromatic nitrogens is 1. The number of hydrogen-bond acceptors (Lipinski definition) is 3. The number of alkyl halides is 3. The SMILES string of the molecule is O=C(Nc1cc(C(F)(F)F)c[nH]c1=O)c1sccc1C1CC1. The Labute approximate surface area is 127 Å². The van der Waals surface area contributed by atoms with Gasteiger partial charge in [-0.25, -0.2) is 0 Å². The second kappa shape index (κ2) is 5.28. The lowest BCUT2D eigenvalue weighted by molar-refractivity contribution is -0.137. The maximum atomic E-state index is 12.7. The number of aromatic amines is 1. The minimum absolute atomic E-state index is 0.340. The number of carbonyl (C=O) groups excluding carboxylic acids is 1. The Morgan fingerprint density at radius 3 is 2.73 bits per heavy atom. The van der Waals surface area contributed by atoms with Crippen LogP contribution < -0.4 is 10.9 Å². The van der Waals surface area contributed by atoms with E-state index in [0.29, 0.717) is 23.1 Å². The fourth-order valence-corrected chi connectivity index (χ4v) is 3.02. The molecule has 2 N–H and O–H groups in total. The van der Waals surface area contributed by atoms with Crippen molar-refractivity contribution in [3.05, 3.63) is 50.1 Å². The van der Waals surface area contributed by atoms with Gasteiger partial charge in [-0.15, -0.1) is 11.3 Å². The topological polar surface area (TPSA) is 62.0 Å². The molecule has 1 aliphatic carbocycles. The molecule has 2 aromatic rings. The van der Waals surface area contributed by atoms with Crippen LogP contribution in [-0.4, -0.2) is 10.9 Å². The van der Waals surface area contributed by atoms with E-state index >= 15 is 0 Å². The minimum atomic E-state index is -4.59. The zero-order valence-electron chi connectivity index (χ0n) is 11.2. The van der Waals surface area contributed by atoms with Gasteiger partial charge in [0.1, 0.15) is 5.69 Å². The molecule has 1 amide bonds. The third-order valence-corrected chi connectivity index (χ3v) is 4.33. The van der Waals surface area contributed by atoms with Gasteiger partial charge < -0.3 is 10.3 Å². The number of pyridine rings is 1.